The molecule has 0 amide bonds. The van der Waals surface area contributed by atoms with Gasteiger partial charge in [0, 0.05) is 24.0 Å². The smallest absolute Gasteiger partial charge is 0.278 e. The molecule has 4 aromatic rings. The van der Waals surface area contributed by atoms with Crippen LogP contribution < -0.4 is 4.74 Å². The zero-order valence-corrected chi connectivity index (χ0v) is 16.6. The van der Waals surface area contributed by atoms with Crippen LogP contribution in [0.15, 0.2) is 35.2 Å². The van der Waals surface area contributed by atoms with E-state index in [9.17, 15) is 5.11 Å². The topological polar surface area (TPSA) is 119 Å². The van der Waals surface area contributed by atoms with Gasteiger partial charge >= 0.3 is 0 Å². The first-order valence-corrected chi connectivity index (χ1v) is 9.26. The molecule has 2 N–H and O–H groups in total. The van der Waals surface area contributed by atoms with Gasteiger partial charge in [-0.2, -0.15) is 4.98 Å². The third-order valence-corrected chi connectivity index (χ3v) is 4.63. The summed E-state index contributed by atoms with van der Waals surface area (Å²) in [6.45, 7) is 1.34. The molecule has 150 valence electrons. The maximum absolute atomic E-state index is 9.40. The molecule has 0 aliphatic carbocycles. The molecule has 0 radical (unpaired) electrons. The third-order valence-electron chi connectivity index (χ3n) is 4.02. The van der Waals surface area contributed by atoms with Crippen LogP contribution in [-0.4, -0.2) is 54.0 Å². The molecule has 0 unspecified atom stereocenters. The van der Waals surface area contributed by atoms with E-state index in [1.54, 1.807) is 12.4 Å². The van der Waals surface area contributed by atoms with E-state index in [1.807, 2.05) is 17.5 Å². The van der Waals surface area contributed by atoms with Crippen LogP contribution in [0.3, 0.4) is 0 Å². The Hall–Kier alpha value is -2.72. The lowest BCUT2D eigenvalue weighted by Crippen LogP contribution is -2.21. The molecular weight excluding hydrogens is 421 g/mol. The van der Waals surface area contributed by atoms with Crippen LogP contribution in [0.2, 0.25) is 10.0 Å². The second-order valence-electron chi connectivity index (χ2n) is 6.25. The van der Waals surface area contributed by atoms with Crippen molar-refractivity contribution in [3.05, 3.63) is 46.5 Å². The van der Waals surface area contributed by atoms with Gasteiger partial charge in [0.05, 0.1) is 28.5 Å². The lowest BCUT2D eigenvalue weighted by molar-refractivity contribution is 0.0536. The quantitative estimate of drug-likeness (QED) is 0.474. The third kappa shape index (κ3) is 4.03. The average molecular weight is 436 g/mol. The van der Waals surface area contributed by atoms with E-state index in [2.05, 4.69) is 20.1 Å². The van der Waals surface area contributed by atoms with E-state index in [0.717, 1.165) is 5.69 Å². The van der Waals surface area contributed by atoms with Gasteiger partial charge in [-0.3, -0.25) is 4.98 Å². The van der Waals surface area contributed by atoms with Crippen molar-refractivity contribution < 1.29 is 19.5 Å². The van der Waals surface area contributed by atoms with Crippen LogP contribution >= 0.6 is 23.2 Å². The molecule has 0 aliphatic heterocycles. The minimum atomic E-state index is -1.02. The summed E-state index contributed by atoms with van der Waals surface area (Å²) in [6, 6.07) is 3.02. The van der Waals surface area contributed by atoms with Crippen LogP contribution in [-0.2, 0) is 0 Å². The van der Waals surface area contributed by atoms with E-state index in [4.69, 9.17) is 37.6 Å². The Labute approximate surface area is 174 Å². The predicted octanol–water partition coefficient (Wildman–Crippen LogP) is 2.79. The van der Waals surface area contributed by atoms with Crippen molar-refractivity contribution in [2.75, 3.05) is 13.2 Å². The first-order valence-electron chi connectivity index (χ1n) is 8.51. The Morgan fingerprint density at radius 3 is 2.83 bits per heavy atom. The molecule has 4 rings (SSSR count). The number of aliphatic hydroxyl groups excluding tert-OH is 2. The van der Waals surface area contributed by atoms with Crippen molar-refractivity contribution in [3.63, 3.8) is 0 Å². The minimum Gasteiger partial charge on any atom is -0.489 e. The van der Waals surface area contributed by atoms with Gasteiger partial charge in [0.2, 0.25) is 5.82 Å². The van der Waals surface area contributed by atoms with E-state index in [0.29, 0.717) is 16.9 Å². The number of nitrogens with zero attached hydrogens (tertiary/aromatic N) is 5. The van der Waals surface area contributed by atoms with Gasteiger partial charge in [0.1, 0.15) is 24.2 Å². The Balaban J connectivity index is 1.62. The molecule has 0 spiro atoms. The molecule has 3 aromatic heterocycles. The number of ether oxygens (including phenoxy) is 1. The zero-order valence-electron chi connectivity index (χ0n) is 15.1. The van der Waals surface area contributed by atoms with Crippen molar-refractivity contribution in [1.82, 2.24) is 24.5 Å². The summed E-state index contributed by atoms with van der Waals surface area (Å²) >= 11 is 12.6. The van der Waals surface area contributed by atoms with Crippen molar-refractivity contribution in [2.24, 2.45) is 0 Å². The van der Waals surface area contributed by atoms with Crippen LogP contribution in [0.1, 0.15) is 5.69 Å². The first kappa shape index (κ1) is 19.6. The standard InChI is InChI=1S/C18H15Cl2N5O4/c1-9-5-25-6-14(22-16(25)4-21-9)18-23-17(24-29-18)11-2-13(20)15(3-12(11)19)28-8-10(27)7-26/h2-6,10,26-27H,7-8H2,1H3/t10-/m0/s1. The Morgan fingerprint density at radius 1 is 1.21 bits per heavy atom. The van der Waals surface area contributed by atoms with E-state index >= 15 is 0 Å². The first-order chi connectivity index (χ1) is 13.9. The van der Waals surface area contributed by atoms with Crippen molar-refractivity contribution >= 4 is 28.8 Å². The summed E-state index contributed by atoms with van der Waals surface area (Å²) in [6.07, 6.45) is 4.23. The van der Waals surface area contributed by atoms with Gasteiger partial charge in [-0.05, 0) is 13.0 Å². The summed E-state index contributed by atoms with van der Waals surface area (Å²) in [5, 5.41) is 22.7. The molecule has 0 fully saturated rings. The summed E-state index contributed by atoms with van der Waals surface area (Å²) in [4.78, 5) is 13.0. The Morgan fingerprint density at radius 2 is 2.03 bits per heavy atom. The summed E-state index contributed by atoms with van der Waals surface area (Å²) in [5.41, 5.74) is 2.44. The highest BCUT2D eigenvalue weighted by atomic mass is 35.5. The SMILES string of the molecule is Cc1cn2cc(-c3nc(-c4cc(Cl)c(OC[C@@H](O)CO)cc4Cl)no3)nc2cn1. The number of hydrogen-bond acceptors (Lipinski definition) is 8. The summed E-state index contributed by atoms with van der Waals surface area (Å²) < 4.78 is 12.5. The number of imidazole rings is 1. The van der Waals surface area contributed by atoms with Gasteiger partial charge in [0.15, 0.2) is 5.65 Å². The maximum atomic E-state index is 9.40. The molecule has 1 aromatic carbocycles. The maximum Gasteiger partial charge on any atom is 0.278 e. The number of benzene rings is 1. The molecule has 0 bridgehead atoms. The molecule has 29 heavy (non-hydrogen) atoms. The van der Waals surface area contributed by atoms with Crippen LogP contribution in [0.5, 0.6) is 5.75 Å². The normalized spacial score (nSPS) is 12.4. The molecule has 11 heteroatoms. The fourth-order valence-electron chi connectivity index (χ4n) is 2.59. The molecule has 0 aliphatic rings. The molecular formula is C18H15Cl2N5O4. The predicted molar refractivity (Wildman–Crippen MR) is 105 cm³/mol. The van der Waals surface area contributed by atoms with Crippen molar-refractivity contribution in [2.45, 2.75) is 13.0 Å². The molecule has 1 atom stereocenters. The molecule has 0 saturated heterocycles. The second kappa shape index (κ2) is 7.96. The minimum absolute atomic E-state index is 0.125. The fourth-order valence-corrected chi connectivity index (χ4v) is 3.05. The lowest BCUT2D eigenvalue weighted by Gasteiger charge is -2.12. The van der Waals surface area contributed by atoms with Crippen molar-refractivity contribution in [3.8, 4) is 28.7 Å². The summed E-state index contributed by atoms with van der Waals surface area (Å²) in [5.74, 6) is 0.722. The van der Waals surface area contributed by atoms with Gasteiger partial charge in [-0.15, -0.1) is 0 Å². The number of fused-ring (bicyclic) bond motifs is 1. The number of halogens is 2. The van der Waals surface area contributed by atoms with Gasteiger partial charge < -0.3 is 23.9 Å². The Bertz CT molecular complexity index is 1180. The van der Waals surface area contributed by atoms with Gasteiger partial charge in [0.25, 0.3) is 5.89 Å². The second-order valence-corrected chi connectivity index (χ2v) is 7.07. The highest BCUT2D eigenvalue weighted by Crippen LogP contribution is 2.36. The van der Waals surface area contributed by atoms with Crippen LogP contribution in [0, 0.1) is 6.92 Å². The Kier molecular flexibility index (Phi) is 5.37. The monoisotopic (exact) mass is 435 g/mol. The number of rotatable bonds is 6. The van der Waals surface area contributed by atoms with Crippen LogP contribution in [0.4, 0.5) is 0 Å². The molecule has 3 heterocycles. The average Bonchev–Trinajstić information content (AvgIpc) is 3.34. The number of hydrogen-bond donors (Lipinski definition) is 2. The number of aryl methyl sites for hydroxylation is 1. The van der Waals surface area contributed by atoms with E-state index in [-0.39, 0.29) is 34.1 Å². The van der Waals surface area contributed by atoms with Crippen molar-refractivity contribution in [1.29, 1.82) is 0 Å². The van der Waals surface area contributed by atoms with E-state index in [1.165, 1.54) is 12.1 Å². The lowest BCUT2D eigenvalue weighted by atomic mass is 10.2. The number of aliphatic hydroxyl groups is 2. The molecule has 0 saturated carbocycles. The van der Waals surface area contributed by atoms with Crippen LogP contribution in [0.25, 0.3) is 28.6 Å². The van der Waals surface area contributed by atoms with Gasteiger partial charge in [-0.1, -0.05) is 28.4 Å². The number of aromatic nitrogens is 5. The fraction of sp³-hybridized carbons (Fsp3) is 0.222. The zero-order chi connectivity index (χ0) is 20.5. The largest absolute Gasteiger partial charge is 0.489 e. The molecule has 9 nitrogen and oxygen atoms in total. The summed E-state index contributed by atoms with van der Waals surface area (Å²) in [7, 11) is 0. The van der Waals surface area contributed by atoms with E-state index < -0.39 is 12.7 Å². The van der Waals surface area contributed by atoms with Gasteiger partial charge in [-0.25, -0.2) is 4.98 Å². The highest BCUT2D eigenvalue weighted by molar-refractivity contribution is 6.36. The highest BCUT2D eigenvalue weighted by Gasteiger charge is 2.18.